The summed E-state index contributed by atoms with van der Waals surface area (Å²) in [4.78, 5) is 10.8. The summed E-state index contributed by atoms with van der Waals surface area (Å²) in [6, 6.07) is 2.14. The number of aliphatic carboxylic acids is 1. The first-order chi connectivity index (χ1) is 8.24. The van der Waals surface area contributed by atoms with Crippen LogP contribution in [-0.4, -0.2) is 24.2 Å². The van der Waals surface area contributed by atoms with Gasteiger partial charge in [0.15, 0.2) is 0 Å². The van der Waals surface area contributed by atoms with E-state index in [1.54, 1.807) is 0 Å². The van der Waals surface area contributed by atoms with Crippen LogP contribution in [-0.2, 0) is 4.79 Å². The van der Waals surface area contributed by atoms with Gasteiger partial charge in [-0.15, -0.1) is 0 Å². The van der Waals surface area contributed by atoms with Gasteiger partial charge < -0.3 is 10.4 Å². The van der Waals surface area contributed by atoms with Gasteiger partial charge in [-0.2, -0.15) is 5.26 Å². The van der Waals surface area contributed by atoms with Crippen LogP contribution in [0.2, 0.25) is 0 Å². The number of carboxylic acid groups (broad SMARTS) is 1. The maximum Gasteiger partial charge on any atom is 0.306 e. The summed E-state index contributed by atoms with van der Waals surface area (Å²) < 4.78 is 0. The molecule has 4 nitrogen and oxygen atoms in total. The molecule has 0 aromatic heterocycles. The molecule has 1 fully saturated rings. The number of carbonyl (C=O) groups is 1. The SMILES string of the molecule is N#CCCCCNCC1CCC(C(=O)O)CC1. The van der Waals surface area contributed by atoms with E-state index >= 15 is 0 Å². The molecule has 0 amide bonds. The molecule has 1 saturated carbocycles. The van der Waals surface area contributed by atoms with Gasteiger partial charge in [0.25, 0.3) is 0 Å². The molecule has 0 aromatic carbocycles. The largest absolute Gasteiger partial charge is 0.481 e. The van der Waals surface area contributed by atoms with Crippen LogP contribution >= 0.6 is 0 Å². The predicted molar refractivity (Wildman–Crippen MR) is 65.4 cm³/mol. The van der Waals surface area contributed by atoms with Gasteiger partial charge in [-0.05, 0) is 57.5 Å². The average molecular weight is 238 g/mol. The van der Waals surface area contributed by atoms with Crippen LogP contribution in [0.4, 0.5) is 0 Å². The van der Waals surface area contributed by atoms with Crippen molar-refractivity contribution in [3.8, 4) is 6.07 Å². The number of hydrogen-bond acceptors (Lipinski definition) is 3. The number of nitrogens with zero attached hydrogens (tertiary/aromatic N) is 1. The topological polar surface area (TPSA) is 73.1 Å². The monoisotopic (exact) mass is 238 g/mol. The number of rotatable bonds is 7. The van der Waals surface area contributed by atoms with E-state index in [1.165, 1.54) is 0 Å². The Balaban J connectivity index is 1.99. The van der Waals surface area contributed by atoms with E-state index in [2.05, 4.69) is 11.4 Å². The van der Waals surface area contributed by atoms with Gasteiger partial charge in [0.1, 0.15) is 0 Å². The predicted octanol–water partition coefficient (Wildman–Crippen LogP) is 2.16. The zero-order valence-corrected chi connectivity index (χ0v) is 10.3. The quantitative estimate of drug-likeness (QED) is 0.667. The van der Waals surface area contributed by atoms with Gasteiger partial charge in [-0.25, -0.2) is 0 Å². The molecule has 0 atom stereocenters. The summed E-state index contributed by atoms with van der Waals surface area (Å²) in [5.74, 6) is -0.101. The van der Waals surface area contributed by atoms with Crippen molar-refractivity contribution in [1.29, 1.82) is 5.26 Å². The highest BCUT2D eigenvalue weighted by molar-refractivity contribution is 5.69. The third-order valence-corrected chi connectivity index (χ3v) is 3.52. The molecule has 0 aliphatic heterocycles. The molecule has 0 heterocycles. The Morgan fingerprint density at radius 2 is 2.00 bits per heavy atom. The van der Waals surface area contributed by atoms with Crippen LogP contribution < -0.4 is 5.32 Å². The lowest BCUT2D eigenvalue weighted by molar-refractivity contribution is -0.143. The number of nitrogens with one attached hydrogen (secondary N) is 1. The molecule has 4 heteroatoms. The molecule has 0 saturated heterocycles. The van der Waals surface area contributed by atoms with Crippen molar-refractivity contribution in [2.75, 3.05) is 13.1 Å². The van der Waals surface area contributed by atoms with Crippen molar-refractivity contribution in [3.05, 3.63) is 0 Å². The first-order valence-electron chi connectivity index (χ1n) is 6.54. The first kappa shape index (κ1) is 14.0. The molecule has 96 valence electrons. The zero-order chi connectivity index (χ0) is 12.5. The highest BCUT2D eigenvalue weighted by Crippen LogP contribution is 2.28. The van der Waals surface area contributed by atoms with E-state index in [9.17, 15) is 4.79 Å². The second-order valence-electron chi connectivity index (χ2n) is 4.88. The molecule has 2 N–H and O–H groups in total. The molecule has 0 spiro atoms. The molecular weight excluding hydrogens is 216 g/mol. The third kappa shape index (κ3) is 5.69. The smallest absolute Gasteiger partial charge is 0.306 e. The maximum absolute atomic E-state index is 10.8. The van der Waals surface area contributed by atoms with Crippen LogP contribution in [0.15, 0.2) is 0 Å². The van der Waals surface area contributed by atoms with Crippen molar-refractivity contribution in [2.45, 2.75) is 44.9 Å². The van der Waals surface area contributed by atoms with Gasteiger partial charge in [0, 0.05) is 6.42 Å². The van der Waals surface area contributed by atoms with Gasteiger partial charge >= 0.3 is 5.97 Å². The Kier molecular flexibility index (Phi) is 6.64. The molecule has 17 heavy (non-hydrogen) atoms. The molecule has 0 bridgehead atoms. The zero-order valence-electron chi connectivity index (χ0n) is 10.3. The summed E-state index contributed by atoms with van der Waals surface area (Å²) in [7, 11) is 0. The van der Waals surface area contributed by atoms with Crippen LogP contribution in [0.3, 0.4) is 0 Å². The standard InChI is InChI=1S/C13H22N2O2/c14-8-2-1-3-9-15-10-11-4-6-12(7-5-11)13(16)17/h11-12,15H,1-7,9-10H2,(H,16,17). The highest BCUT2D eigenvalue weighted by Gasteiger charge is 2.25. The Morgan fingerprint density at radius 3 is 2.59 bits per heavy atom. The Bertz CT molecular complexity index is 265. The van der Waals surface area contributed by atoms with Gasteiger partial charge in [0.05, 0.1) is 12.0 Å². The number of unbranched alkanes of at least 4 members (excludes halogenated alkanes) is 2. The third-order valence-electron chi connectivity index (χ3n) is 3.52. The molecule has 1 rings (SSSR count). The van der Waals surface area contributed by atoms with Crippen molar-refractivity contribution >= 4 is 5.97 Å². The number of nitriles is 1. The minimum atomic E-state index is -0.632. The Morgan fingerprint density at radius 1 is 1.29 bits per heavy atom. The first-order valence-corrected chi connectivity index (χ1v) is 6.54. The number of carboxylic acids is 1. The summed E-state index contributed by atoms with van der Waals surface area (Å²) in [5.41, 5.74) is 0. The van der Waals surface area contributed by atoms with E-state index in [0.29, 0.717) is 12.3 Å². The summed E-state index contributed by atoms with van der Waals surface area (Å²) in [5, 5.41) is 20.7. The lowest BCUT2D eigenvalue weighted by Gasteiger charge is -2.26. The van der Waals surface area contributed by atoms with Gasteiger partial charge in [0.2, 0.25) is 0 Å². The fourth-order valence-corrected chi connectivity index (χ4v) is 2.37. The van der Waals surface area contributed by atoms with Crippen molar-refractivity contribution in [2.24, 2.45) is 11.8 Å². The van der Waals surface area contributed by atoms with Crippen LogP contribution in [0.5, 0.6) is 0 Å². The number of hydrogen-bond donors (Lipinski definition) is 2. The van der Waals surface area contributed by atoms with E-state index < -0.39 is 5.97 Å². The summed E-state index contributed by atoms with van der Waals surface area (Å²) >= 11 is 0. The minimum absolute atomic E-state index is 0.109. The minimum Gasteiger partial charge on any atom is -0.481 e. The van der Waals surface area contributed by atoms with Crippen LogP contribution in [0.25, 0.3) is 0 Å². The lowest BCUT2D eigenvalue weighted by atomic mass is 9.82. The van der Waals surface area contributed by atoms with Crippen molar-refractivity contribution in [3.63, 3.8) is 0 Å². The molecule has 0 unspecified atom stereocenters. The van der Waals surface area contributed by atoms with E-state index in [1.807, 2.05) is 0 Å². The van der Waals surface area contributed by atoms with Gasteiger partial charge in [-0.1, -0.05) is 0 Å². The van der Waals surface area contributed by atoms with E-state index in [-0.39, 0.29) is 5.92 Å². The second kappa shape index (κ2) is 8.08. The normalized spacial score (nSPS) is 24.2. The second-order valence-corrected chi connectivity index (χ2v) is 4.88. The molecular formula is C13H22N2O2. The highest BCUT2D eigenvalue weighted by atomic mass is 16.4. The molecule has 0 aromatic rings. The Hall–Kier alpha value is -1.08. The Labute approximate surface area is 103 Å². The van der Waals surface area contributed by atoms with Crippen molar-refractivity contribution < 1.29 is 9.90 Å². The lowest BCUT2D eigenvalue weighted by Crippen LogP contribution is -2.29. The van der Waals surface area contributed by atoms with Crippen LogP contribution in [0.1, 0.15) is 44.9 Å². The maximum atomic E-state index is 10.8. The van der Waals surface area contributed by atoms with E-state index in [4.69, 9.17) is 10.4 Å². The molecule has 1 aliphatic rings. The fourth-order valence-electron chi connectivity index (χ4n) is 2.37. The molecule has 1 aliphatic carbocycles. The summed E-state index contributed by atoms with van der Waals surface area (Å²) in [6.07, 6.45) is 6.38. The van der Waals surface area contributed by atoms with E-state index in [0.717, 1.165) is 51.6 Å². The average Bonchev–Trinajstić information content (AvgIpc) is 2.34. The molecule has 0 radical (unpaired) electrons. The fraction of sp³-hybridized carbons (Fsp3) is 0.846. The van der Waals surface area contributed by atoms with Gasteiger partial charge in [-0.3, -0.25) is 4.79 Å². The van der Waals surface area contributed by atoms with Crippen LogP contribution in [0, 0.1) is 23.2 Å². The summed E-state index contributed by atoms with van der Waals surface area (Å²) in [6.45, 7) is 1.97. The van der Waals surface area contributed by atoms with Crippen molar-refractivity contribution in [1.82, 2.24) is 5.32 Å².